The first kappa shape index (κ1) is 6.89. The number of hydrogen-bond donors (Lipinski definition) is 0. The summed E-state index contributed by atoms with van der Waals surface area (Å²) in [5.41, 5.74) is 0. The van der Waals surface area contributed by atoms with E-state index in [4.69, 9.17) is 0 Å². The molecule has 0 unspecified atom stereocenters. The molecule has 0 radical (unpaired) electrons. The standard InChI is InChI=1S/C5H8N7/c1-10-3-6-12(4-10)5-7-8-9-11(5)2/h3-4H,1-2H3/q+1. The fourth-order valence-electron chi connectivity index (χ4n) is 0.891. The summed E-state index contributed by atoms with van der Waals surface area (Å²) >= 11 is 0. The van der Waals surface area contributed by atoms with E-state index >= 15 is 0 Å². The Morgan fingerprint density at radius 3 is 2.83 bits per heavy atom. The highest BCUT2D eigenvalue weighted by Crippen LogP contribution is 1.92. The van der Waals surface area contributed by atoms with Crippen molar-refractivity contribution in [3.8, 4) is 5.95 Å². The summed E-state index contributed by atoms with van der Waals surface area (Å²) in [6.45, 7) is 0. The molecule has 0 aliphatic carbocycles. The maximum absolute atomic E-state index is 4.04. The van der Waals surface area contributed by atoms with Crippen LogP contribution >= 0.6 is 0 Å². The van der Waals surface area contributed by atoms with Crippen LogP contribution in [0.25, 0.3) is 5.95 Å². The lowest BCUT2D eigenvalue weighted by atomic mass is 10.9. The van der Waals surface area contributed by atoms with Gasteiger partial charge < -0.3 is 0 Å². The Balaban J connectivity index is 2.50. The number of aryl methyl sites for hydroxylation is 2. The third kappa shape index (κ3) is 0.949. The minimum atomic E-state index is 0.593. The summed E-state index contributed by atoms with van der Waals surface area (Å²) in [6.07, 6.45) is 3.46. The molecule has 0 N–H and O–H groups in total. The van der Waals surface area contributed by atoms with Crippen molar-refractivity contribution in [2.45, 2.75) is 0 Å². The van der Waals surface area contributed by atoms with Crippen molar-refractivity contribution in [2.75, 3.05) is 0 Å². The highest BCUT2D eigenvalue weighted by Gasteiger charge is 2.12. The minimum absolute atomic E-state index is 0.593. The van der Waals surface area contributed by atoms with Crippen LogP contribution < -0.4 is 4.57 Å². The molecule has 0 spiro atoms. The molecular formula is C5H8N7+. The Hall–Kier alpha value is -1.79. The Morgan fingerprint density at radius 1 is 1.50 bits per heavy atom. The molecular weight excluding hydrogens is 158 g/mol. The van der Waals surface area contributed by atoms with Gasteiger partial charge in [0, 0.05) is 12.1 Å². The van der Waals surface area contributed by atoms with Gasteiger partial charge in [0.15, 0.2) is 0 Å². The van der Waals surface area contributed by atoms with Gasteiger partial charge in [-0.05, 0) is 15.1 Å². The smallest absolute Gasteiger partial charge is 0.240 e. The van der Waals surface area contributed by atoms with Crippen LogP contribution in [-0.4, -0.2) is 30.0 Å². The molecule has 62 valence electrons. The number of hydrogen-bond acceptors (Lipinski definition) is 4. The largest absolute Gasteiger partial charge is 0.347 e. The number of nitrogens with zero attached hydrogens (tertiary/aromatic N) is 7. The second-order valence-electron chi connectivity index (χ2n) is 2.46. The first-order valence-electron chi connectivity index (χ1n) is 3.40. The monoisotopic (exact) mass is 166 g/mol. The Labute approximate surface area is 68.2 Å². The van der Waals surface area contributed by atoms with E-state index in [1.165, 1.54) is 0 Å². The van der Waals surface area contributed by atoms with Crippen molar-refractivity contribution in [3.63, 3.8) is 0 Å². The van der Waals surface area contributed by atoms with Crippen LogP contribution in [0.1, 0.15) is 0 Å². The van der Waals surface area contributed by atoms with Crippen LogP contribution in [0.15, 0.2) is 12.7 Å². The lowest BCUT2D eigenvalue weighted by molar-refractivity contribution is -0.672. The highest BCUT2D eigenvalue weighted by atomic mass is 15.6. The summed E-state index contributed by atoms with van der Waals surface area (Å²) < 4.78 is 4.96. The van der Waals surface area contributed by atoms with E-state index in [0.717, 1.165) is 0 Å². The van der Waals surface area contributed by atoms with E-state index in [2.05, 4.69) is 20.6 Å². The van der Waals surface area contributed by atoms with Crippen molar-refractivity contribution in [1.82, 2.24) is 30.0 Å². The van der Waals surface area contributed by atoms with E-state index in [-0.39, 0.29) is 0 Å². The van der Waals surface area contributed by atoms with E-state index in [9.17, 15) is 0 Å². The minimum Gasteiger partial charge on any atom is -0.240 e. The first-order chi connectivity index (χ1) is 5.77. The van der Waals surface area contributed by atoms with Gasteiger partial charge in [-0.2, -0.15) is 4.68 Å². The molecule has 0 saturated carbocycles. The van der Waals surface area contributed by atoms with Gasteiger partial charge in [-0.15, -0.1) is 0 Å². The molecule has 0 aliphatic heterocycles. The molecule has 0 aliphatic rings. The number of rotatable bonds is 1. The molecule has 7 heteroatoms. The number of tetrazole rings is 1. The van der Waals surface area contributed by atoms with Gasteiger partial charge in [-0.25, -0.2) is 4.57 Å². The predicted octanol–water partition coefficient (Wildman–Crippen LogP) is -1.78. The van der Waals surface area contributed by atoms with Gasteiger partial charge in [-0.1, -0.05) is 5.10 Å². The van der Waals surface area contributed by atoms with Crippen molar-refractivity contribution in [3.05, 3.63) is 12.7 Å². The Morgan fingerprint density at radius 2 is 2.33 bits per heavy atom. The summed E-state index contributed by atoms with van der Waals surface area (Å²) in [4.78, 5) is 0. The quantitative estimate of drug-likeness (QED) is 0.470. The molecule has 0 amide bonds. The molecule has 7 nitrogen and oxygen atoms in total. The third-order valence-corrected chi connectivity index (χ3v) is 1.45. The van der Waals surface area contributed by atoms with E-state index in [1.807, 2.05) is 11.6 Å². The second kappa shape index (κ2) is 2.36. The van der Waals surface area contributed by atoms with Crippen molar-refractivity contribution < 1.29 is 4.57 Å². The summed E-state index contributed by atoms with van der Waals surface area (Å²) in [5.74, 6) is 0.593. The molecule has 2 rings (SSSR count). The topological polar surface area (TPSA) is 65.3 Å². The zero-order valence-corrected chi connectivity index (χ0v) is 6.79. The average molecular weight is 166 g/mol. The molecule has 0 bridgehead atoms. The SMILES string of the molecule is Cn1nnnc1-n1c[n+](C)cn1. The van der Waals surface area contributed by atoms with Crippen LogP contribution in [0.4, 0.5) is 0 Å². The van der Waals surface area contributed by atoms with E-state index < -0.39 is 0 Å². The van der Waals surface area contributed by atoms with Crippen LogP contribution in [0.3, 0.4) is 0 Å². The molecule has 0 atom stereocenters. The molecule has 2 heterocycles. The van der Waals surface area contributed by atoms with Gasteiger partial charge >= 0.3 is 5.95 Å². The third-order valence-electron chi connectivity index (χ3n) is 1.45. The van der Waals surface area contributed by atoms with E-state index in [0.29, 0.717) is 5.95 Å². The lowest BCUT2D eigenvalue weighted by Crippen LogP contribution is -2.23. The molecule has 2 aromatic heterocycles. The van der Waals surface area contributed by atoms with Gasteiger partial charge in [0.2, 0.25) is 6.33 Å². The molecule has 12 heavy (non-hydrogen) atoms. The fourth-order valence-corrected chi connectivity index (χ4v) is 0.891. The molecule has 0 fully saturated rings. The van der Waals surface area contributed by atoms with Crippen molar-refractivity contribution >= 4 is 0 Å². The molecule has 0 saturated heterocycles. The normalized spacial score (nSPS) is 10.5. The van der Waals surface area contributed by atoms with Crippen LogP contribution in [0.5, 0.6) is 0 Å². The second-order valence-corrected chi connectivity index (χ2v) is 2.46. The van der Waals surface area contributed by atoms with Crippen LogP contribution in [0.2, 0.25) is 0 Å². The molecule has 2 aromatic rings. The van der Waals surface area contributed by atoms with Crippen LogP contribution in [0, 0.1) is 0 Å². The first-order valence-corrected chi connectivity index (χ1v) is 3.40. The zero-order valence-electron chi connectivity index (χ0n) is 6.79. The predicted molar refractivity (Wildman–Crippen MR) is 37.1 cm³/mol. The maximum Gasteiger partial charge on any atom is 0.347 e. The van der Waals surface area contributed by atoms with Gasteiger partial charge in [0.05, 0.1) is 7.05 Å². The van der Waals surface area contributed by atoms with Crippen molar-refractivity contribution in [1.29, 1.82) is 0 Å². The van der Waals surface area contributed by atoms with Gasteiger partial charge in [0.25, 0.3) is 6.33 Å². The highest BCUT2D eigenvalue weighted by molar-refractivity contribution is 5.00. The lowest BCUT2D eigenvalue weighted by Gasteiger charge is -1.86. The zero-order chi connectivity index (χ0) is 8.55. The summed E-state index contributed by atoms with van der Waals surface area (Å²) in [6, 6.07) is 0. The summed E-state index contributed by atoms with van der Waals surface area (Å²) in [7, 11) is 3.64. The Kier molecular flexibility index (Phi) is 1.36. The summed E-state index contributed by atoms with van der Waals surface area (Å²) in [5, 5.41) is 15.0. The Bertz CT molecular complexity index is 386. The van der Waals surface area contributed by atoms with Crippen LogP contribution in [-0.2, 0) is 14.1 Å². The molecule has 0 aromatic carbocycles. The number of aromatic nitrogens is 7. The van der Waals surface area contributed by atoms with Gasteiger partial charge in [0.1, 0.15) is 0 Å². The van der Waals surface area contributed by atoms with Gasteiger partial charge in [-0.3, -0.25) is 0 Å². The van der Waals surface area contributed by atoms with Crippen molar-refractivity contribution in [2.24, 2.45) is 14.1 Å². The van der Waals surface area contributed by atoms with E-state index in [1.54, 1.807) is 29.1 Å². The average Bonchev–Trinajstić information content (AvgIpc) is 2.58. The maximum atomic E-state index is 4.04. The fraction of sp³-hybridized carbons (Fsp3) is 0.400.